The highest BCUT2D eigenvalue weighted by molar-refractivity contribution is 5.16. The zero-order chi connectivity index (χ0) is 15.0. The second kappa shape index (κ2) is 5.92. The average Bonchev–Trinajstić information content (AvgIpc) is 2.39. The molecule has 1 saturated heterocycles. The van der Waals surface area contributed by atoms with E-state index in [2.05, 4.69) is 32.6 Å². The molecule has 2 heterocycles. The Labute approximate surface area is 129 Å². The van der Waals surface area contributed by atoms with Crippen LogP contribution in [-0.2, 0) is 9.47 Å². The van der Waals surface area contributed by atoms with Crippen LogP contribution in [0.4, 0.5) is 0 Å². The van der Waals surface area contributed by atoms with Crippen molar-refractivity contribution in [2.45, 2.75) is 71.6 Å². The molecule has 0 atom stereocenters. The summed E-state index contributed by atoms with van der Waals surface area (Å²) in [5.41, 5.74) is 1.36. The highest BCUT2D eigenvalue weighted by Gasteiger charge is 2.43. The summed E-state index contributed by atoms with van der Waals surface area (Å²) in [4.78, 5) is 2.65. The summed E-state index contributed by atoms with van der Waals surface area (Å²) < 4.78 is 12.7. The molecule has 1 aliphatic carbocycles. The summed E-state index contributed by atoms with van der Waals surface area (Å²) in [5, 5.41) is 0. The van der Waals surface area contributed by atoms with E-state index >= 15 is 0 Å². The molecule has 0 radical (unpaired) electrons. The first kappa shape index (κ1) is 15.4. The number of nitrogens with zero attached hydrogens (tertiary/aromatic N) is 1. The minimum absolute atomic E-state index is 0.335. The molecule has 2 aliphatic heterocycles. The van der Waals surface area contributed by atoms with Gasteiger partial charge in [0, 0.05) is 37.9 Å². The van der Waals surface area contributed by atoms with Crippen LogP contribution in [0.3, 0.4) is 0 Å². The first-order valence-corrected chi connectivity index (χ1v) is 8.81. The lowest BCUT2D eigenvalue weighted by Crippen LogP contribution is -2.53. The third kappa shape index (κ3) is 3.00. The second-order valence-corrected chi connectivity index (χ2v) is 7.62. The van der Waals surface area contributed by atoms with Crippen molar-refractivity contribution in [3.8, 4) is 0 Å². The molecular formula is C18H31NO2. The molecule has 0 N–H and O–H groups in total. The highest BCUT2D eigenvalue weighted by atomic mass is 16.7. The lowest BCUT2D eigenvalue weighted by atomic mass is 9.88. The molecule has 3 heteroatoms. The van der Waals surface area contributed by atoms with Crippen LogP contribution in [0.15, 0.2) is 11.3 Å². The normalized spacial score (nSPS) is 27.3. The third-order valence-electron chi connectivity index (χ3n) is 5.48. The topological polar surface area (TPSA) is 21.7 Å². The number of hydrogen-bond acceptors (Lipinski definition) is 3. The summed E-state index contributed by atoms with van der Waals surface area (Å²) in [6.45, 7) is 12.0. The van der Waals surface area contributed by atoms with Crippen molar-refractivity contribution in [2.75, 3.05) is 19.7 Å². The molecule has 3 nitrogen and oxygen atoms in total. The molecule has 0 aromatic carbocycles. The summed E-state index contributed by atoms with van der Waals surface area (Å²) in [7, 11) is 0. The minimum Gasteiger partial charge on any atom is -0.466 e. The van der Waals surface area contributed by atoms with Gasteiger partial charge < -0.3 is 9.47 Å². The van der Waals surface area contributed by atoms with Crippen molar-refractivity contribution in [3.05, 3.63) is 11.3 Å². The van der Waals surface area contributed by atoms with E-state index in [1.54, 1.807) is 0 Å². The Balaban J connectivity index is 1.68. The van der Waals surface area contributed by atoms with Crippen LogP contribution in [0.2, 0.25) is 0 Å². The predicted octanol–water partition coefficient (Wildman–Crippen LogP) is 3.94. The Kier molecular flexibility index (Phi) is 4.33. The first-order valence-electron chi connectivity index (χ1n) is 8.81. The van der Waals surface area contributed by atoms with Crippen molar-refractivity contribution in [3.63, 3.8) is 0 Å². The first-order chi connectivity index (χ1) is 10.0. The summed E-state index contributed by atoms with van der Waals surface area (Å²) in [6.07, 6.45) is 6.24. The van der Waals surface area contributed by atoms with Gasteiger partial charge in [-0.1, -0.05) is 34.1 Å². The van der Waals surface area contributed by atoms with Crippen LogP contribution in [-0.4, -0.2) is 36.4 Å². The summed E-state index contributed by atoms with van der Waals surface area (Å²) >= 11 is 0. The fourth-order valence-electron chi connectivity index (χ4n) is 3.74. The van der Waals surface area contributed by atoms with Crippen LogP contribution in [0.25, 0.3) is 0 Å². The van der Waals surface area contributed by atoms with Gasteiger partial charge in [-0.25, -0.2) is 0 Å². The molecular weight excluding hydrogens is 262 g/mol. The minimum atomic E-state index is -0.335. The van der Waals surface area contributed by atoms with Crippen molar-refractivity contribution in [2.24, 2.45) is 11.8 Å². The fraction of sp³-hybridized carbons (Fsp3) is 0.889. The monoisotopic (exact) mass is 293 g/mol. The zero-order valence-corrected chi connectivity index (χ0v) is 14.2. The van der Waals surface area contributed by atoms with E-state index in [1.165, 1.54) is 30.6 Å². The lowest BCUT2D eigenvalue weighted by Gasteiger charge is -2.48. The van der Waals surface area contributed by atoms with Gasteiger partial charge in [0.15, 0.2) is 0 Å². The molecule has 1 saturated carbocycles. The Morgan fingerprint density at radius 3 is 2.19 bits per heavy atom. The molecule has 0 unspecified atom stereocenters. The largest absolute Gasteiger partial charge is 0.466 e. The maximum absolute atomic E-state index is 6.46. The van der Waals surface area contributed by atoms with Crippen LogP contribution in [0.5, 0.6) is 0 Å². The molecule has 120 valence electrons. The Morgan fingerprint density at radius 2 is 1.71 bits per heavy atom. The van der Waals surface area contributed by atoms with Gasteiger partial charge in [0.05, 0.1) is 6.61 Å². The number of likely N-dealkylation sites (tertiary alicyclic amines) is 1. The van der Waals surface area contributed by atoms with E-state index < -0.39 is 0 Å². The van der Waals surface area contributed by atoms with Crippen molar-refractivity contribution >= 4 is 0 Å². The quantitative estimate of drug-likeness (QED) is 0.786. The van der Waals surface area contributed by atoms with E-state index in [-0.39, 0.29) is 5.79 Å². The number of ether oxygens (including phenoxy) is 2. The number of hydrogen-bond donors (Lipinski definition) is 0. The molecule has 0 amide bonds. The van der Waals surface area contributed by atoms with Gasteiger partial charge in [0.1, 0.15) is 5.76 Å². The SMILES string of the molecule is CC(C)C1=C(C(C)C)OC2(CCN(C3CCC3)CC2)OC1. The van der Waals surface area contributed by atoms with Crippen LogP contribution < -0.4 is 0 Å². The molecule has 21 heavy (non-hydrogen) atoms. The maximum atomic E-state index is 6.46. The molecule has 3 aliphatic rings. The fourth-order valence-corrected chi connectivity index (χ4v) is 3.74. The molecule has 0 aromatic rings. The van der Waals surface area contributed by atoms with E-state index in [1.807, 2.05) is 0 Å². The van der Waals surface area contributed by atoms with E-state index in [4.69, 9.17) is 9.47 Å². The third-order valence-corrected chi connectivity index (χ3v) is 5.48. The number of allylic oxidation sites excluding steroid dienone is 1. The van der Waals surface area contributed by atoms with Gasteiger partial charge in [0.25, 0.3) is 0 Å². The smallest absolute Gasteiger partial charge is 0.212 e. The molecule has 3 rings (SSSR count). The number of rotatable bonds is 3. The molecule has 2 fully saturated rings. The van der Waals surface area contributed by atoms with Crippen LogP contribution >= 0.6 is 0 Å². The standard InChI is InChI=1S/C18H31NO2/c1-13(2)16-12-20-18(21-17(16)14(3)4)8-10-19(11-9-18)15-6-5-7-15/h13-15H,5-12H2,1-4H3. The van der Waals surface area contributed by atoms with Gasteiger partial charge in [-0.3, -0.25) is 4.90 Å². The Morgan fingerprint density at radius 1 is 1.05 bits per heavy atom. The van der Waals surface area contributed by atoms with Gasteiger partial charge in [0.2, 0.25) is 5.79 Å². The van der Waals surface area contributed by atoms with Crippen LogP contribution in [0.1, 0.15) is 59.8 Å². The van der Waals surface area contributed by atoms with Crippen molar-refractivity contribution in [1.29, 1.82) is 0 Å². The maximum Gasteiger partial charge on any atom is 0.212 e. The van der Waals surface area contributed by atoms with Crippen LogP contribution in [0, 0.1) is 11.8 Å². The van der Waals surface area contributed by atoms with E-state index in [0.29, 0.717) is 11.8 Å². The Bertz CT molecular complexity index is 401. The predicted molar refractivity (Wildman–Crippen MR) is 84.9 cm³/mol. The van der Waals surface area contributed by atoms with E-state index in [9.17, 15) is 0 Å². The van der Waals surface area contributed by atoms with Gasteiger partial charge in [-0.2, -0.15) is 0 Å². The van der Waals surface area contributed by atoms with Gasteiger partial charge in [-0.15, -0.1) is 0 Å². The van der Waals surface area contributed by atoms with Crippen molar-refractivity contribution in [1.82, 2.24) is 4.90 Å². The average molecular weight is 293 g/mol. The summed E-state index contributed by atoms with van der Waals surface area (Å²) in [6, 6.07) is 0.845. The molecule has 1 spiro atoms. The highest BCUT2D eigenvalue weighted by Crippen LogP contribution is 2.40. The molecule has 0 bridgehead atoms. The van der Waals surface area contributed by atoms with E-state index in [0.717, 1.165) is 38.6 Å². The number of piperidine rings is 1. The second-order valence-electron chi connectivity index (χ2n) is 7.62. The lowest BCUT2D eigenvalue weighted by molar-refractivity contribution is -0.254. The van der Waals surface area contributed by atoms with Crippen molar-refractivity contribution < 1.29 is 9.47 Å². The van der Waals surface area contributed by atoms with Gasteiger partial charge >= 0.3 is 0 Å². The summed E-state index contributed by atoms with van der Waals surface area (Å²) in [5.74, 6) is 1.83. The van der Waals surface area contributed by atoms with Gasteiger partial charge in [-0.05, 0) is 24.3 Å². The molecule has 0 aromatic heterocycles. The zero-order valence-electron chi connectivity index (χ0n) is 14.2. The Hall–Kier alpha value is -0.540.